The Morgan fingerprint density at radius 1 is 1.06 bits per heavy atom. The maximum Gasteiger partial charge on any atom is 0.132 e. The number of hydrogen-bond donors (Lipinski definition) is 2. The molecule has 4 heteroatoms. The Bertz CT molecular complexity index is 523. The van der Waals surface area contributed by atoms with Crippen LogP contribution in [0.25, 0.3) is 0 Å². The zero-order valence-corrected chi connectivity index (χ0v) is 8.97. The fraction of sp³-hybridized carbons (Fsp3) is 0. The van der Waals surface area contributed by atoms with Crippen molar-refractivity contribution in [2.75, 3.05) is 5.43 Å². The van der Waals surface area contributed by atoms with Crippen LogP contribution in [0.5, 0.6) is 5.75 Å². The van der Waals surface area contributed by atoms with Crippen molar-refractivity contribution >= 4 is 11.9 Å². The molecule has 0 atom stereocenters. The molecular formula is C13H11FN2O. The molecule has 17 heavy (non-hydrogen) atoms. The fourth-order valence-electron chi connectivity index (χ4n) is 1.29. The molecule has 0 saturated carbocycles. The number of aromatic hydroxyl groups is 1. The second kappa shape index (κ2) is 5.12. The zero-order valence-electron chi connectivity index (χ0n) is 8.97. The molecule has 0 aliphatic heterocycles. The van der Waals surface area contributed by atoms with Gasteiger partial charge >= 0.3 is 0 Å². The summed E-state index contributed by atoms with van der Waals surface area (Å²) in [6.07, 6.45) is 1.40. The third-order valence-corrected chi connectivity index (χ3v) is 2.17. The normalized spacial score (nSPS) is 10.6. The number of phenols is 1. The number of rotatable bonds is 3. The second-order valence-corrected chi connectivity index (χ2v) is 3.44. The summed E-state index contributed by atoms with van der Waals surface area (Å²) in [4.78, 5) is 0. The average molecular weight is 230 g/mol. The third-order valence-electron chi connectivity index (χ3n) is 2.17. The summed E-state index contributed by atoms with van der Waals surface area (Å²) in [5.74, 6) is -0.127. The molecule has 0 fully saturated rings. The topological polar surface area (TPSA) is 44.6 Å². The number of phenolic OH excluding ortho intramolecular Hbond substituents is 1. The van der Waals surface area contributed by atoms with Crippen molar-refractivity contribution in [1.29, 1.82) is 0 Å². The van der Waals surface area contributed by atoms with Gasteiger partial charge in [-0.25, -0.2) is 4.39 Å². The van der Waals surface area contributed by atoms with E-state index in [1.165, 1.54) is 12.3 Å². The highest BCUT2D eigenvalue weighted by Crippen LogP contribution is 2.13. The molecule has 2 aromatic carbocycles. The van der Waals surface area contributed by atoms with Gasteiger partial charge in [0.2, 0.25) is 0 Å². The number of nitrogens with zero attached hydrogens (tertiary/aromatic N) is 1. The minimum Gasteiger partial charge on any atom is -0.508 e. The van der Waals surface area contributed by atoms with Crippen molar-refractivity contribution in [3.63, 3.8) is 0 Å². The molecule has 0 aliphatic rings. The zero-order chi connectivity index (χ0) is 12.1. The Kier molecular flexibility index (Phi) is 3.35. The summed E-state index contributed by atoms with van der Waals surface area (Å²) >= 11 is 0. The highest BCUT2D eigenvalue weighted by Gasteiger charge is 1.95. The van der Waals surface area contributed by atoms with Gasteiger partial charge in [0.1, 0.15) is 11.6 Å². The van der Waals surface area contributed by atoms with Gasteiger partial charge in [-0.05, 0) is 30.3 Å². The maximum absolute atomic E-state index is 13.2. The standard InChI is InChI=1S/C13H11FN2O/c14-13-4-2-1-3-10(13)9-15-16-11-5-7-12(17)8-6-11/h1-9,16-17H/b15-9+. The summed E-state index contributed by atoms with van der Waals surface area (Å²) in [5, 5.41) is 13.0. The maximum atomic E-state index is 13.2. The Labute approximate surface area is 98.2 Å². The Morgan fingerprint density at radius 2 is 1.76 bits per heavy atom. The van der Waals surface area contributed by atoms with E-state index in [-0.39, 0.29) is 11.6 Å². The van der Waals surface area contributed by atoms with Crippen molar-refractivity contribution in [1.82, 2.24) is 0 Å². The van der Waals surface area contributed by atoms with Crippen LogP contribution in [0.2, 0.25) is 0 Å². The van der Waals surface area contributed by atoms with Crippen molar-refractivity contribution < 1.29 is 9.50 Å². The molecule has 2 rings (SSSR count). The van der Waals surface area contributed by atoms with E-state index in [1.54, 1.807) is 42.5 Å². The van der Waals surface area contributed by atoms with Crippen LogP contribution in [0.15, 0.2) is 53.6 Å². The smallest absolute Gasteiger partial charge is 0.132 e. The first-order chi connectivity index (χ1) is 8.25. The lowest BCUT2D eigenvalue weighted by Gasteiger charge is -2.00. The molecule has 0 aromatic heterocycles. The lowest BCUT2D eigenvalue weighted by atomic mass is 10.2. The van der Waals surface area contributed by atoms with E-state index in [2.05, 4.69) is 10.5 Å². The first-order valence-corrected chi connectivity index (χ1v) is 5.08. The van der Waals surface area contributed by atoms with Gasteiger partial charge in [0.05, 0.1) is 11.9 Å². The molecule has 0 aliphatic carbocycles. The van der Waals surface area contributed by atoms with E-state index in [4.69, 9.17) is 5.11 Å². The molecular weight excluding hydrogens is 219 g/mol. The van der Waals surface area contributed by atoms with Crippen molar-refractivity contribution in [2.24, 2.45) is 5.10 Å². The molecule has 0 radical (unpaired) electrons. The van der Waals surface area contributed by atoms with E-state index in [0.29, 0.717) is 5.56 Å². The molecule has 0 saturated heterocycles. The van der Waals surface area contributed by atoms with Crippen LogP contribution >= 0.6 is 0 Å². The second-order valence-electron chi connectivity index (χ2n) is 3.44. The molecule has 2 N–H and O–H groups in total. The minimum absolute atomic E-state index is 0.189. The van der Waals surface area contributed by atoms with Crippen LogP contribution in [0.4, 0.5) is 10.1 Å². The van der Waals surface area contributed by atoms with Gasteiger partial charge in [-0.3, -0.25) is 5.43 Å². The highest BCUT2D eigenvalue weighted by molar-refractivity contribution is 5.80. The van der Waals surface area contributed by atoms with Gasteiger partial charge in [0, 0.05) is 5.56 Å². The number of halogens is 1. The SMILES string of the molecule is Oc1ccc(N/N=C/c2ccccc2F)cc1. The van der Waals surface area contributed by atoms with Crippen LogP contribution in [0, 0.1) is 5.82 Å². The van der Waals surface area contributed by atoms with Gasteiger partial charge in [0.15, 0.2) is 0 Å². The summed E-state index contributed by atoms with van der Waals surface area (Å²) < 4.78 is 13.2. The van der Waals surface area contributed by atoms with E-state index in [1.807, 2.05) is 0 Å². The fourth-order valence-corrected chi connectivity index (χ4v) is 1.29. The predicted octanol–water partition coefficient (Wildman–Crippen LogP) is 2.98. The Hall–Kier alpha value is -2.36. The molecule has 0 heterocycles. The quantitative estimate of drug-likeness (QED) is 0.483. The molecule has 0 amide bonds. The summed E-state index contributed by atoms with van der Waals surface area (Å²) in [6.45, 7) is 0. The minimum atomic E-state index is -0.316. The molecule has 0 unspecified atom stereocenters. The van der Waals surface area contributed by atoms with E-state index in [9.17, 15) is 4.39 Å². The Morgan fingerprint density at radius 3 is 2.47 bits per heavy atom. The van der Waals surface area contributed by atoms with Crippen LogP contribution in [0.3, 0.4) is 0 Å². The number of benzene rings is 2. The average Bonchev–Trinajstić information content (AvgIpc) is 2.34. The van der Waals surface area contributed by atoms with Gasteiger partial charge in [-0.2, -0.15) is 5.10 Å². The van der Waals surface area contributed by atoms with Crippen LogP contribution in [0.1, 0.15) is 5.56 Å². The highest BCUT2D eigenvalue weighted by atomic mass is 19.1. The van der Waals surface area contributed by atoms with Crippen molar-refractivity contribution in [3.05, 3.63) is 59.9 Å². The van der Waals surface area contributed by atoms with E-state index >= 15 is 0 Å². The van der Waals surface area contributed by atoms with Crippen LogP contribution in [-0.4, -0.2) is 11.3 Å². The van der Waals surface area contributed by atoms with Crippen molar-refractivity contribution in [2.45, 2.75) is 0 Å². The molecule has 86 valence electrons. The number of nitrogens with one attached hydrogen (secondary N) is 1. The van der Waals surface area contributed by atoms with Gasteiger partial charge < -0.3 is 5.11 Å². The number of hydrazone groups is 1. The van der Waals surface area contributed by atoms with Gasteiger partial charge in [0.25, 0.3) is 0 Å². The first kappa shape index (κ1) is 11.1. The molecule has 0 bridgehead atoms. The number of hydrogen-bond acceptors (Lipinski definition) is 3. The lowest BCUT2D eigenvalue weighted by Crippen LogP contribution is -1.92. The largest absolute Gasteiger partial charge is 0.508 e. The summed E-state index contributed by atoms with van der Waals surface area (Å²) in [6, 6.07) is 12.8. The third kappa shape index (κ3) is 3.04. The molecule has 0 spiro atoms. The van der Waals surface area contributed by atoms with Gasteiger partial charge in [-0.1, -0.05) is 18.2 Å². The predicted molar refractivity (Wildman–Crippen MR) is 65.7 cm³/mol. The van der Waals surface area contributed by atoms with Crippen LogP contribution < -0.4 is 5.43 Å². The monoisotopic (exact) mass is 230 g/mol. The molecule has 2 aromatic rings. The van der Waals surface area contributed by atoms with Gasteiger partial charge in [-0.15, -0.1) is 0 Å². The summed E-state index contributed by atoms with van der Waals surface area (Å²) in [5.41, 5.74) is 3.87. The first-order valence-electron chi connectivity index (χ1n) is 5.08. The Balaban J connectivity index is 2.03. The lowest BCUT2D eigenvalue weighted by molar-refractivity contribution is 0.475. The van der Waals surface area contributed by atoms with Crippen LogP contribution in [-0.2, 0) is 0 Å². The van der Waals surface area contributed by atoms with Crippen molar-refractivity contribution in [3.8, 4) is 5.75 Å². The molecule has 3 nitrogen and oxygen atoms in total. The van der Waals surface area contributed by atoms with E-state index < -0.39 is 0 Å². The summed E-state index contributed by atoms with van der Waals surface area (Å²) in [7, 11) is 0. The number of anilines is 1. The van der Waals surface area contributed by atoms with E-state index in [0.717, 1.165) is 5.69 Å².